The van der Waals surface area contributed by atoms with E-state index in [-0.39, 0.29) is 12.5 Å². The Balaban J connectivity index is 1.85. The highest BCUT2D eigenvalue weighted by atomic mass is 16.2. The van der Waals surface area contributed by atoms with Gasteiger partial charge in [0, 0.05) is 11.5 Å². The molecule has 3 aromatic rings. The lowest BCUT2D eigenvalue weighted by Crippen LogP contribution is -2.29. The minimum absolute atomic E-state index is 0.0781. The normalized spacial score (nSPS) is 10.8. The van der Waals surface area contributed by atoms with Crippen molar-refractivity contribution in [2.75, 3.05) is 6.54 Å². The first-order valence-electron chi connectivity index (χ1n) is 8.22. The zero-order chi connectivity index (χ0) is 18.4. The van der Waals surface area contributed by atoms with Crippen molar-refractivity contribution in [3.05, 3.63) is 90.6 Å². The summed E-state index contributed by atoms with van der Waals surface area (Å²) in [5, 5.41) is 1.00. The minimum Gasteiger partial charge on any atom is -0.301 e. The van der Waals surface area contributed by atoms with Crippen molar-refractivity contribution in [1.29, 1.82) is 0 Å². The van der Waals surface area contributed by atoms with Gasteiger partial charge in [0.15, 0.2) is 0 Å². The molecule has 0 aliphatic carbocycles. The zero-order valence-corrected chi connectivity index (χ0v) is 14.2. The number of amides is 1. The fourth-order valence-corrected chi connectivity index (χ4v) is 2.59. The summed E-state index contributed by atoms with van der Waals surface area (Å²) in [5.74, 6) is -0.319. The molecule has 4 nitrogen and oxygen atoms in total. The van der Waals surface area contributed by atoms with Gasteiger partial charge in [-0.15, -0.1) is 0 Å². The highest BCUT2D eigenvalue weighted by Gasteiger charge is 2.16. The SMILES string of the molecule is C=C(c1ccc2ccccc2n1)N(CC=O)C(=O)/C=C/c1ccccc1. The number of hydrogen-bond donors (Lipinski definition) is 0. The molecule has 0 spiro atoms. The molecule has 1 heterocycles. The Morgan fingerprint density at radius 1 is 1.00 bits per heavy atom. The summed E-state index contributed by atoms with van der Waals surface area (Å²) in [5.41, 5.74) is 2.67. The standard InChI is InChI=1S/C22H18N2O2/c1-17(20-13-12-19-9-5-6-10-21(19)23-20)24(15-16-25)22(26)14-11-18-7-3-2-4-8-18/h2-14,16H,1,15H2/b14-11+. The Kier molecular flexibility index (Phi) is 5.34. The van der Waals surface area contributed by atoms with E-state index in [1.165, 1.54) is 11.0 Å². The summed E-state index contributed by atoms with van der Waals surface area (Å²) in [4.78, 5) is 29.5. The van der Waals surface area contributed by atoms with Gasteiger partial charge in [-0.25, -0.2) is 4.98 Å². The molecule has 26 heavy (non-hydrogen) atoms. The summed E-state index contributed by atoms with van der Waals surface area (Å²) >= 11 is 0. The van der Waals surface area contributed by atoms with E-state index in [0.717, 1.165) is 16.5 Å². The molecule has 0 radical (unpaired) electrons. The van der Waals surface area contributed by atoms with Gasteiger partial charge in [-0.2, -0.15) is 0 Å². The number of pyridine rings is 1. The average Bonchev–Trinajstić information content (AvgIpc) is 2.70. The summed E-state index contributed by atoms with van der Waals surface area (Å²) in [6.07, 6.45) is 3.83. The van der Waals surface area contributed by atoms with Crippen LogP contribution in [0.15, 0.2) is 79.4 Å². The monoisotopic (exact) mass is 342 g/mol. The molecule has 0 fully saturated rings. The van der Waals surface area contributed by atoms with Gasteiger partial charge < -0.3 is 9.69 Å². The van der Waals surface area contributed by atoms with E-state index >= 15 is 0 Å². The maximum absolute atomic E-state index is 12.6. The maximum atomic E-state index is 12.6. The van der Waals surface area contributed by atoms with E-state index in [2.05, 4.69) is 11.6 Å². The lowest BCUT2D eigenvalue weighted by molar-refractivity contribution is -0.125. The number of fused-ring (bicyclic) bond motifs is 1. The number of rotatable bonds is 6. The predicted octanol–water partition coefficient (Wildman–Crippen LogP) is 3.95. The van der Waals surface area contributed by atoms with Crippen LogP contribution in [0.5, 0.6) is 0 Å². The maximum Gasteiger partial charge on any atom is 0.251 e. The van der Waals surface area contributed by atoms with E-state index in [9.17, 15) is 9.59 Å². The van der Waals surface area contributed by atoms with Crippen LogP contribution >= 0.6 is 0 Å². The van der Waals surface area contributed by atoms with E-state index in [0.29, 0.717) is 17.7 Å². The second kappa shape index (κ2) is 8.03. The number of para-hydroxylation sites is 1. The number of carbonyl (C=O) groups excluding carboxylic acids is 2. The van der Waals surface area contributed by atoms with Crippen LogP contribution in [0, 0.1) is 0 Å². The summed E-state index contributed by atoms with van der Waals surface area (Å²) in [6.45, 7) is 3.90. The molecule has 0 N–H and O–H groups in total. The Morgan fingerprint density at radius 3 is 2.50 bits per heavy atom. The summed E-state index contributed by atoms with van der Waals surface area (Å²) in [7, 11) is 0. The molecule has 128 valence electrons. The number of carbonyl (C=O) groups is 2. The third-order valence-electron chi connectivity index (χ3n) is 3.96. The molecule has 2 aromatic carbocycles. The number of aromatic nitrogens is 1. The highest BCUT2D eigenvalue weighted by Crippen LogP contribution is 2.19. The van der Waals surface area contributed by atoms with Crippen LogP contribution in [-0.2, 0) is 9.59 Å². The van der Waals surface area contributed by atoms with Crippen molar-refractivity contribution in [3.63, 3.8) is 0 Å². The van der Waals surface area contributed by atoms with Crippen LogP contribution in [0.1, 0.15) is 11.3 Å². The molecule has 0 atom stereocenters. The van der Waals surface area contributed by atoms with Gasteiger partial charge >= 0.3 is 0 Å². The van der Waals surface area contributed by atoms with Crippen molar-refractivity contribution in [3.8, 4) is 0 Å². The zero-order valence-electron chi connectivity index (χ0n) is 14.2. The van der Waals surface area contributed by atoms with Crippen LogP contribution in [0.4, 0.5) is 0 Å². The lowest BCUT2D eigenvalue weighted by Gasteiger charge is -2.20. The van der Waals surface area contributed by atoms with Crippen LogP contribution < -0.4 is 0 Å². The molecule has 1 aromatic heterocycles. The molecule has 0 unspecified atom stereocenters. The molecule has 0 aliphatic rings. The lowest BCUT2D eigenvalue weighted by atomic mass is 10.1. The topological polar surface area (TPSA) is 50.3 Å². The van der Waals surface area contributed by atoms with E-state index in [1.54, 1.807) is 12.1 Å². The Hall–Kier alpha value is -3.53. The van der Waals surface area contributed by atoms with E-state index in [4.69, 9.17) is 0 Å². The van der Waals surface area contributed by atoms with Gasteiger partial charge in [0.05, 0.1) is 23.5 Å². The molecule has 0 saturated heterocycles. The smallest absolute Gasteiger partial charge is 0.251 e. The molecule has 0 aliphatic heterocycles. The van der Waals surface area contributed by atoms with Crippen LogP contribution in [-0.4, -0.2) is 28.6 Å². The Morgan fingerprint density at radius 2 is 1.73 bits per heavy atom. The molecular weight excluding hydrogens is 324 g/mol. The second-order valence-electron chi connectivity index (χ2n) is 5.70. The van der Waals surface area contributed by atoms with Gasteiger partial charge in [0.1, 0.15) is 6.29 Å². The first kappa shape index (κ1) is 17.3. The molecule has 0 bridgehead atoms. The molecule has 4 heteroatoms. The molecule has 1 amide bonds. The number of nitrogens with zero attached hydrogens (tertiary/aromatic N) is 2. The quantitative estimate of drug-likeness (QED) is 0.503. The summed E-state index contributed by atoms with van der Waals surface area (Å²) in [6, 6.07) is 20.9. The fourth-order valence-electron chi connectivity index (χ4n) is 2.59. The van der Waals surface area contributed by atoms with Gasteiger partial charge in [-0.1, -0.05) is 61.2 Å². The first-order chi connectivity index (χ1) is 12.7. The van der Waals surface area contributed by atoms with Gasteiger partial charge in [0.2, 0.25) is 0 Å². The predicted molar refractivity (Wildman–Crippen MR) is 104 cm³/mol. The molecule has 0 saturated carbocycles. The van der Waals surface area contributed by atoms with Gasteiger partial charge in [-0.05, 0) is 23.8 Å². The first-order valence-corrected chi connectivity index (χ1v) is 8.22. The van der Waals surface area contributed by atoms with Crippen molar-refractivity contribution < 1.29 is 9.59 Å². The number of aldehydes is 1. The third kappa shape index (κ3) is 3.92. The van der Waals surface area contributed by atoms with Crippen molar-refractivity contribution in [2.45, 2.75) is 0 Å². The largest absolute Gasteiger partial charge is 0.301 e. The minimum atomic E-state index is -0.319. The number of hydrogen-bond acceptors (Lipinski definition) is 3. The second-order valence-corrected chi connectivity index (χ2v) is 5.70. The molecular formula is C22H18N2O2. The fraction of sp³-hybridized carbons (Fsp3) is 0.0455. The number of benzene rings is 2. The van der Waals surface area contributed by atoms with Crippen LogP contribution in [0.3, 0.4) is 0 Å². The molecule has 3 rings (SSSR count). The van der Waals surface area contributed by atoms with Crippen LogP contribution in [0.2, 0.25) is 0 Å². The van der Waals surface area contributed by atoms with Crippen molar-refractivity contribution >= 4 is 34.9 Å². The van der Waals surface area contributed by atoms with E-state index in [1.807, 2.05) is 60.7 Å². The van der Waals surface area contributed by atoms with E-state index < -0.39 is 0 Å². The highest BCUT2D eigenvalue weighted by molar-refractivity contribution is 5.98. The van der Waals surface area contributed by atoms with Gasteiger partial charge in [-0.3, -0.25) is 4.79 Å². The summed E-state index contributed by atoms with van der Waals surface area (Å²) < 4.78 is 0. The van der Waals surface area contributed by atoms with Crippen molar-refractivity contribution in [1.82, 2.24) is 9.88 Å². The Bertz CT molecular complexity index is 978. The van der Waals surface area contributed by atoms with Gasteiger partial charge in [0.25, 0.3) is 5.91 Å². The third-order valence-corrected chi connectivity index (χ3v) is 3.96. The van der Waals surface area contributed by atoms with Crippen molar-refractivity contribution in [2.24, 2.45) is 0 Å². The Labute approximate surface area is 152 Å². The van der Waals surface area contributed by atoms with Crippen LogP contribution in [0.25, 0.3) is 22.7 Å². The average molecular weight is 342 g/mol.